The van der Waals surface area contributed by atoms with Gasteiger partial charge in [0.15, 0.2) is 0 Å². The molecular weight excluding hydrogens is 372 g/mol. The van der Waals surface area contributed by atoms with Crippen molar-refractivity contribution < 1.29 is 9.53 Å². The summed E-state index contributed by atoms with van der Waals surface area (Å²) in [5.74, 6) is -0.365. The fourth-order valence-electron chi connectivity index (χ4n) is 2.73. The second-order valence-corrected chi connectivity index (χ2v) is 6.53. The summed E-state index contributed by atoms with van der Waals surface area (Å²) in [7, 11) is 0. The van der Waals surface area contributed by atoms with Crippen molar-refractivity contribution in [2.24, 2.45) is 0 Å². The van der Waals surface area contributed by atoms with Gasteiger partial charge in [-0.25, -0.2) is 4.79 Å². The standard InChI is InChI=1S/C23H15ClN2O2/c24-20-12-10-19(11-13-20)23(27)28-22-15-14-21(25-26-22)18-8-6-17(7-9-18)16-4-2-1-3-5-16/h1-15H. The van der Waals surface area contributed by atoms with Gasteiger partial charge in [0.1, 0.15) is 0 Å². The van der Waals surface area contributed by atoms with Crippen LogP contribution in [0.2, 0.25) is 5.02 Å². The van der Waals surface area contributed by atoms with Crippen LogP contribution in [0.25, 0.3) is 22.4 Å². The SMILES string of the molecule is O=C(Oc1ccc(-c2ccc(-c3ccccc3)cc2)nn1)c1ccc(Cl)cc1. The van der Waals surface area contributed by atoms with E-state index in [1.165, 1.54) is 0 Å². The van der Waals surface area contributed by atoms with E-state index in [9.17, 15) is 4.79 Å². The minimum absolute atomic E-state index is 0.143. The number of benzene rings is 3. The van der Waals surface area contributed by atoms with Gasteiger partial charge < -0.3 is 4.74 Å². The molecule has 0 aliphatic heterocycles. The van der Waals surface area contributed by atoms with E-state index in [0.29, 0.717) is 16.3 Å². The topological polar surface area (TPSA) is 52.1 Å². The van der Waals surface area contributed by atoms with Crippen LogP contribution in [0, 0.1) is 0 Å². The third-order valence-electron chi connectivity index (χ3n) is 4.21. The summed E-state index contributed by atoms with van der Waals surface area (Å²) in [5, 5.41) is 8.72. The molecule has 1 heterocycles. The molecule has 0 aliphatic carbocycles. The highest BCUT2D eigenvalue weighted by Gasteiger charge is 2.10. The summed E-state index contributed by atoms with van der Waals surface area (Å²) in [6.07, 6.45) is 0. The van der Waals surface area contributed by atoms with Gasteiger partial charge in [-0.15, -0.1) is 10.2 Å². The van der Waals surface area contributed by atoms with Gasteiger partial charge in [0.25, 0.3) is 0 Å². The van der Waals surface area contributed by atoms with Crippen LogP contribution in [0.15, 0.2) is 91.0 Å². The van der Waals surface area contributed by atoms with E-state index in [0.717, 1.165) is 16.7 Å². The van der Waals surface area contributed by atoms with E-state index in [2.05, 4.69) is 22.3 Å². The van der Waals surface area contributed by atoms with Gasteiger partial charge in [-0.1, -0.05) is 66.2 Å². The van der Waals surface area contributed by atoms with Gasteiger partial charge >= 0.3 is 5.97 Å². The molecule has 28 heavy (non-hydrogen) atoms. The van der Waals surface area contributed by atoms with E-state index >= 15 is 0 Å². The summed E-state index contributed by atoms with van der Waals surface area (Å²) >= 11 is 5.82. The molecule has 0 atom stereocenters. The molecular formula is C23H15ClN2O2. The number of hydrogen-bond donors (Lipinski definition) is 0. The van der Waals surface area contributed by atoms with E-state index in [-0.39, 0.29) is 5.88 Å². The first-order valence-corrected chi connectivity index (χ1v) is 9.04. The molecule has 1 aromatic heterocycles. The third kappa shape index (κ3) is 4.08. The first-order chi connectivity index (χ1) is 13.7. The maximum atomic E-state index is 12.1. The lowest BCUT2D eigenvalue weighted by Gasteiger charge is -2.06. The number of carbonyl (C=O) groups excluding carboxylic acids is 1. The molecule has 4 nitrogen and oxygen atoms in total. The largest absolute Gasteiger partial charge is 0.402 e. The lowest BCUT2D eigenvalue weighted by Crippen LogP contribution is -2.09. The zero-order valence-electron chi connectivity index (χ0n) is 14.7. The average molecular weight is 387 g/mol. The molecule has 5 heteroatoms. The highest BCUT2D eigenvalue weighted by molar-refractivity contribution is 6.30. The zero-order chi connectivity index (χ0) is 19.3. The molecule has 4 aromatic rings. The molecule has 4 rings (SSSR count). The fraction of sp³-hybridized carbons (Fsp3) is 0. The van der Waals surface area contributed by atoms with Crippen molar-refractivity contribution in [1.29, 1.82) is 0 Å². The molecule has 0 amide bonds. The highest BCUT2D eigenvalue weighted by Crippen LogP contribution is 2.24. The molecule has 0 aliphatic rings. The number of esters is 1. The monoisotopic (exact) mass is 386 g/mol. The Labute approximate surface area is 167 Å². The molecule has 3 aromatic carbocycles. The second kappa shape index (κ2) is 8.03. The van der Waals surface area contributed by atoms with Crippen molar-refractivity contribution in [3.05, 3.63) is 102 Å². The van der Waals surface area contributed by atoms with Crippen LogP contribution in [-0.4, -0.2) is 16.2 Å². The molecule has 0 radical (unpaired) electrons. The summed E-state index contributed by atoms with van der Waals surface area (Å²) in [6.45, 7) is 0. The van der Waals surface area contributed by atoms with E-state index in [4.69, 9.17) is 16.3 Å². The predicted octanol–water partition coefficient (Wildman–Crippen LogP) is 5.68. The number of halogens is 1. The number of rotatable bonds is 4. The lowest BCUT2D eigenvalue weighted by atomic mass is 10.0. The first kappa shape index (κ1) is 17.9. The number of hydrogen-bond acceptors (Lipinski definition) is 4. The third-order valence-corrected chi connectivity index (χ3v) is 4.46. The Morgan fingerprint density at radius 1 is 0.679 bits per heavy atom. The maximum absolute atomic E-state index is 12.1. The lowest BCUT2D eigenvalue weighted by molar-refractivity contribution is 0.0726. The summed E-state index contributed by atoms with van der Waals surface area (Å²) < 4.78 is 5.25. The van der Waals surface area contributed by atoms with Crippen LogP contribution in [0.5, 0.6) is 5.88 Å². The van der Waals surface area contributed by atoms with Crippen LogP contribution in [0.1, 0.15) is 10.4 Å². The van der Waals surface area contributed by atoms with Crippen molar-refractivity contribution in [3.63, 3.8) is 0 Å². The minimum atomic E-state index is -0.508. The number of ether oxygens (including phenoxy) is 1. The zero-order valence-corrected chi connectivity index (χ0v) is 15.5. The molecule has 0 saturated carbocycles. The normalized spacial score (nSPS) is 10.5. The Balaban J connectivity index is 1.47. The van der Waals surface area contributed by atoms with Crippen LogP contribution < -0.4 is 4.74 Å². The molecule has 0 unspecified atom stereocenters. The van der Waals surface area contributed by atoms with Crippen LogP contribution in [-0.2, 0) is 0 Å². The van der Waals surface area contributed by atoms with E-state index in [1.54, 1.807) is 36.4 Å². The molecule has 0 saturated heterocycles. The second-order valence-electron chi connectivity index (χ2n) is 6.10. The van der Waals surface area contributed by atoms with Gasteiger partial charge in [0.05, 0.1) is 11.3 Å². The minimum Gasteiger partial charge on any atom is -0.402 e. The van der Waals surface area contributed by atoms with Gasteiger partial charge in [-0.05, 0) is 41.5 Å². The fourth-order valence-corrected chi connectivity index (χ4v) is 2.86. The molecule has 136 valence electrons. The van der Waals surface area contributed by atoms with Gasteiger partial charge in [-0.3, -0.25) is 0 Å². The van der Waals surface area contributed by atoms with Crippen LogP contribution in [0.3, 0.4) is 0 Å². The highest BCUT2D eigenvalue weighted by atomic mass is 35.5. The summed E-state index contributed by atoms with van der Waals surface area (Å²) in [4.78, 5) is 12.1. The Hall–Kier alpha value is -3.50. The number of aromatic nitrogens is 2. The number of carbonyl (C=O) groups is 1. The maximum Gasteiger partial charge on any atom is 0.344 e. The van der Waals surface area contributed by atoms with Crippen LogP contribution >= 0.6 is 11.6 Å². The summed E-state index contributed by atoms with van der Waals surface area (Å²) in [6, 6.07) is 28.1. The van der Waals surface area contributed by atoms with Crippen molar-refractivity contribution in [2.75, 3.05) is 0 Å². The summed E-state index contributed by atoms with van der Waals surface area (Å²) in [5.41, 5.74) is 4.32. The quantitative estimate of drug-likeness (QED) is 0.423. The Morgan fingerprint density at radius 3 is 1.96 bits per heavy atom. The van der Waals surface area contributed by atoms with Crippen molar-refractivity contribution >= 4 is 17.6 Å². The molecule has 0 N–H and O–H groups in total. The van der Waals surface area contributed by atoms with Gasteiger partial charge in [-0.2, -0.15) is 0 Å². The van der Waals surface area contributed by atoms with Crippen molar-refractivity contribution in [2.45, 2.75) is 0 Å². The van der Waals surface area contributed by atoms with E-state index in [1.807, 2.05) is 42.5 Å². The van der Waals surface area contributed by atoms with Gasteiger partial charge in [0, 0.05) is 16.7 Å². The van der Waals surface area contributed by atoms with Gasteiger partial charge in [0.2, 0.25) is 5.88 Å². The Bertz CT molecular complexity index is 1080. The predicted molar refractivity (Wildman–Crippen MR) is 109 cm³/mol. The van der Waals surface area contributed by atoms with Crippen molar-refractivity contribution in [3.8, 4) is 28.3 Å². The van der Waals surface area contributed by atoms with Crippen molar-refractivity contribution in [1.82, 2.24) is 10.2 Å². The average Bonchev–Trinajstić information content (AvgIpc) is 2.75. The Kier molecular flexibility index (Phi) is 5.13. The molecule has 0 fully saturated rings. The van der Waals surface area contributed by atoms with Crippen LogP contribution in [0.4, 0.5) is 0 Å². The first-order valence-electron chi connectivity index (χ1n) is 8.66. The molecule has 0 spiro atoms. The number of nitrogens with zero attached hydrogens (tertiary/aromatic N) is 2. The smallest absolute Gasteiger partial charge is 0.344 e. The van der Waals surface area contributed by atoms with E-state index < -0.39 is 5.97 Å². The molecule has 0 bridgehead atoms. The Morgan fingerprint density at radius 2 is 1.32 bits per heavy atom.